The molecule has 5 aromatic carbocycles. The lowest BCUT2D eigenvalue weighted by molar-refractivity contribution is -0.152. The molecule has 0 saturated carbocycles. The lowest BCUT2D eigenvalue weighted by atomic mass is 9.98. The average Bonchev–Trinajstić information content (AvgIpc) is 1.23. The van der Waals surface area contributed by atoms with E-state index < -0.39 is 272 Å². The van der Waals surface area contributed by atoms with Gasteiger partial charge in [-0.05, 0) is 89.8 Å². The van der Waals surface area contributed by atoms with E-state index in [0.717, 1.165) is 24.5 Å². The number of aliphatic hydroxyl groups excluding tert-OH is 1. The van der Waals surface area contributed by atoms with Crippen LogP contribution in [0, 0.1) is 23.4 Å². The third-order valence-corrected chi connectivity index (χ3v) is 23.9. The highest BCUT2D eigenvalue weighted by Gasteiger charge is 2.46. The first-order valence-electron chi connectivity index (χ1n) is 43.8. The van der Waals surface area contributed by atoms with Gasteiger partial charge in [0.15, 0.2) is 17.5 Å². The summed E-state index contributed by atoms with van der Waals surface area (Å²) in [4.78, 5) is 257. The molecule has 16 N–H and O–H groups in total. The number of halogens is 3. The number of amides is 15. The number of methoxy groups -OCH3 is 1. The number of nitrogens with two attached hydrogens (primary N) is 1. The highest BCUT2D eigenvalue weighted by molar-refractivity contribution is 8.00. The minimum atomic E-state index is -2.00. The second kappa shape index (κ2) is 50.9. The fourth-order valence-corrected chi connectivity index (χ4v) is 16.5. The van der Waals surface area contributed by atoms with Crippen LogP contribution < -0.4 is 53.6 Å². The minimum Gasteiger partial charge on any atom is -0.508 e. The molecule has 0 aliphatic carbocycles. The van der Waals surface area contributed by atoms with Crippen LogP contribution in [0.3, 0.4) is 0 Å². The number of aromatic hydroxyl groups is 1. The number of rotatable bonds is 27. The summed E-state index contributed by atoms with van der Waals surface area (Å²) < 4.78 is 50.4. The van der Waals surface area contributed by atoms with Gasteiger partial charge in [0.25, 0.3) is 0 Å². The number of aromatic amines is 1. The number of aliphatic carboxylic acids is 2. The second-order valence-corrected chi connectivity index (χ2v) is 34.4. The Balaban J connectivity index is 1.24. The number of phenolic OH excluding ortho intramolecular Hbond substituents is 1. The van der Waals surface area contributed by atoms with E-state index in [1.807, 2.05) is 0 Å². The molecular weight excluding hydrogens is 1770 g/mol. The molecule has 2 aliphatic heterocycles. The number of carboxylic acids is 2. The molecule has 0 radical (unpaired) electrons. The molecular formula is C92H117F3N16O22S. The Morgan fingerprint density at radius 3 is 1.71 bits per heavy atom. The summed E-state index contributed by atoms with van der Waals surface area (Å²) in [6, 6.07) is 8.69. The quantitative estimate of drug-likeness (QED) is 0.0319. The number of H-pyrrole nitrogens is 1. The van der Waals surface area contributed by atoms with E-state index in [4.69, 9.17) is 10.5 Å². The molecule has 1 aromatic heterocycles. The highest BCUT2D eigenvalue weighted by Crippen LogP contribution is 2.27. The molecule has 15 amide bonds. The maximum absolute atomic E-state index is 15.6. The summed E-state index contributed by atoms with van der Waals surface area (Å²) in [6.45, 7) is 3.64. The van der Waals surface area contributed by atoms with Crippen LogP contribution in [0.4, 0.5) is 13.2 Å². The third-order valence-electron chi connectivity index (χ3n) is 22.9. The van der Waals surface area contributed by atoms with Crippen molar-refractivity contribution < 1.29 is 120 Å². The van der Waals surface area contributed by atoms with Crippen LogP contribution >= 0.6 is 11.8 Å². The number of nitrogens with one attached hydrogen (secondary N) is 10. The number of phenols is 1. The van der Waals surface area contributed by atoms with Gasteiger partial charge in [0.2, 0.25) is 88.6 Å². The number of benzene rings is 5. The number of fused-ring (bicyclic) bond motifs is 2. The monoisotopic (exact) mass is 1890 g/mol. The molecule has 2 fully saturated rings. The summed E-state index contributed by atoms with van der Waals surface area (Å²) in [5.41, 5.74) is 7.17. The number of primary amides is 1. The zero-order valence-electron chi connectivity index (χ0n) is 75.5. The van der Waals surface area contributed by atoms with E-state index in [2.05, 4.69) is 52.8 Å². The Bertz CT molecular complexity index is 5150. The van der Waals surface area contributed by atoms with Gasteiger partial charge in [0.05, 0.1) is 31.4 Å². The average molecular weight is 1890 g/mol. The summed E-state index contributed by atoms with van der Waals surface area (Å²) in [5, 5.41) is 65.6. The summed E-state index contributed by atoms with van der Waals surface area (Å²) in [6.07, 6.45) is -4.92. The predicted octanol–water partition coefficient (Wildman–Crippen LogP) is 0.934. The van der Waals surface area contributed by atoms with Crippen molar-refractivity contribution in [3.05, 3.63) is 173 Å². The van der Waals surface area contributed by atoms with E-state index in [0.29, 0.717) is 63.5 Å². The van der Waals surface area contributed by atoms with E-state index >= 15 is 51.9 Å². The van der Waals surface area contributed by atoms with Crippen molar-refractivity contribution in [1.29, 1.82) is 0 Å². The van der Waals surface area contributed by atoms with Crippen LogP contribution in [0.25, 0.3) is 10.9 Å². The molecule has 3 heterocycles. The highest BCUT2D eigenvalue weighted by atomic mass is 32.2. The summed E-state index contributed by atoms with van der Waals surface area (Å²) >= 11 is 0.631. The lowest BCUT2D eigenvalue weighted by Gasteiger charge is -2.37. The normalized spacial score (nSPS) is 23.0. The number of thioether (sulfide) groups is 1. The lowest BCUT2D eigenvalue weighted by Crippen LogP contribution is -2.61. The second-order valence-electron chi connectivity index (χ2n) is 33.4. The molecule has 0 bridgehead atoms. The Morgan fingerprint density at radius 2 is 1.10 bits per heavy atom. The number of carbonyl (C=O) groups excluding carboxylic acids is 15. The Labute approximate surface area is 775 Å². The maximum Gasteiger partial charge on any atom is 0.305 e. The standard InChI is InChI=1S/C92H117F3N16O22S/c1-9-11-26-70-91(131)110(34-10-2)48-75(115)99-67(44-78(119)120)85(125)106-80(51(3)4)92(132)108(6)71(40-52-20-14-12-15-21-52)86(126)102-64(31-32-77(117)118)89(129)111-47-58(113)43-72(111)87(127)104-66(42-56-45-97-62-25-19-18-24-59(56)62)84(124)103-65(38-54-27-29-57(112)30-28-54)83(123)101-63(33-35-133-8)82(122)105-69(81(121)98-46-74(96)114)49-134-50-76(116)100-68(39-55-36-60(93)79(95)61(94)37-55)88(128)109(7)73(90(130)107(70)5)41-53-22-16-13-17-23-53/h12-25,27-30,36-37,45,51,58,63-73,80,97,112-113H,9-11,26,31-35,38-44,46-50H2,1-8H3,(H2,96,114)(H,98,121)(H,99,115)(H,100,116)(H,101,123)(H,102,126)(H,103,124)(H,104,127)(H,105,122)(H,106,125)(H,117,118)(H,119,120)/t58-,63+,64+,65+,66+,67+,68+,69+,70+,71?,72-,73+,80+/m1/s1. The van der Waals surface area contributed by atoms with Crippen molar-refractivity contribution in [1.82, 2.24) is 77.3 Å². The number of aromatic nitrogens is 1. The van der Waals surface area contributed by atoms with E-state index in [9.17, 15) is 63.2 Å². The van der Waals surface area contributed by atoms with Gasteiger partial charge >= 0.3 is 11.9 Å². The number of hydrogen-bond donors (Lipinski definition) is 15. The van der Waals surface area contributed by atoms with Gasteiger partial charge in [-0.25, -0.2) is 13.2 Å². The van der Waals surface area contributed by atoms with E-state index in [1.165, 1.54) is 66.4 Å². The number of unbranched alkanes of at least 4 members (excludes halogenated alkanes) is 1. The zero-order valence-corrected chi connectivity index (χ0v) is 76.4. The molecule has 13 atom stereocenters. The molecule has 6 aromatic rings. The Hall–Kier alpha value is -13.5. The van der Waals surface area contributed by atoms with E-state index in [1.54, 1.807) is 105 Å². The molecule has 8 rings (SSSR count). The molecule has 724 valence electrons. The molecule has 1 unspecified atom stereocenters. The molecule has 38 nitrogen and oxygen atoms in total. The first-order chi connectivity index (χ1) is 63.7. The van der Waals surface area contributed by atoms with Crippen molar-refractivity contribution >= 4 is 123 Å². The number of carbonyl (C=O) groups is 17. The van der Waals surface area contributed by atoms with Gasteiger partial charge < -0.3 is 108 Å². The number of nitrogens with zero attached hydrogens (tertiary/aromatic N) is 5. The van der Waals surface area contributed by atoms with Crippen LogP contribution in [-0.4, -0.2) is 302 Å². The number of carboxylic acid groups (broad SMARTS) is 2. The number of para-hydroxylation sites is 1. The van der Waals surface area contributed by atoms with Gasteiger partial charge in [0, 0.05) is 116 Å². The molecule has 0 spiro atoms. The smallest absolute Gasteiger partial charge is 0.305 e. The summed E-state index contributed by atoms with van der Waals surface area (Å²) in [7, 11) is 4.87. The van der Waals surface area contributed by atoms with Crippen LogP contribution in [0.5, 0.6) is 5.75 Å². The molecule has 42 heteroatoms. The van der Waals surface area contributed by atoms with Gasteiger partial charge in [-0.15, -0.1) is 11.8 Å². The zero-order chi connectivity index (χ0) is 98.3. The maximum atomic E-state index is 15.6. The largest absolute Gasteiger partial charge is 0.508 e. The fourth-order valence-electron chi connectivity index (χ4n) is 15.7. The van der Waals surface area contributed by atoms with Crippen LogP contribution in [0.1, 0.15) is 113 Å². The number of ether oxygens (including phenoxy) is 1. The third kappa shape index (κ3) is 30.5. The number of hydrogen-bond acceptors (Lipinski definition) is 21. The van der Waals surface area contributed by atoms with Crippen molar-refractivity contribution in [2.45, 2.75) is 196 Å². The van der Waals surface area contributed by atoms with Crippen LogP contribution in [0.15, 0.2) is 128 Å². The number of likely N-dealkylation sites (N-methyl/N-ethyl adjacent to an activating group) is 3. The van der Waals surface area contributed by atoms with Crippen LogP contribution in [0.2, 0.25) is 0 Å². The summed E-state index contributed by atoms with van der Waals surface area (Å²) in [5.74, 6) is -26.7. The van der Waals surface area contributed by atoms with Crippen molar-refractivity contribution in [2.75, 3.05) is 72.5 Å². The van der Waals surface area contributed by atoms with Gasteiger partial charge in [-0.2, -0.15) is 0 Å². The first kappa shape index (κ1) is 106. The van der Waals surface area contributed by atoms with Gasteiger partial charge in [-0.1, -0.05) is 132 Å². The number of aliphatic hydroxyl groups is 1. The predicted molar refractivity (Wildman–Crippen MR) is 482 cm³/mol. The molecule has 134 heavy (non-hydrogen) atoms. The van der Waals surface area contributed by atoms with Gasteiger partial charge in [-0.3, -0.25) is 81.5 Å². The SMILES string of the molecule is CCCC[C@H]1C(=O)N(CCC)CC(=O)N[C@@H](CC(=O)O)C(=O)N[C@@H](C(C)C)C(=O)N(C)C(Cc2ccccc2)C(=O)N[C@@H](CCC(=O)O)C(=O)N2C[C@H](O)C[C@@H]2C(=O)N[C@@H](Cc2c[nH]c3ccccc23)C(=O)N[C@@H](Cc2ccc(O)cc2)C(=O)N[C@@H](CCOC)C(=O)N[C@H](C(=O)NCC(N)=O)CSCC(=O)N[C@@H](Cc2cc(F)c(F)c(F)c2)C(=O)N(C)[C@@H](Cc2ccccc2)C(=O)N1C. The Morgan fingerprint density at radius 1 is 0.552 bits per heavy atom. The van der Waals surface area contributed by atoms with E-state index in [-0.39, 0.29) is 69.4 Å². The first-order valence-corrected chi connectivity index (χ1v) is 44.9. The molecule has 2 saturated heterocycles. The topological polar surface area (TPSA) is 547 Å². The fraction of sp³-hybridized carbons (Fsp3) is 0.467. The van der Waals surface area contributed by atoms with Gasteiger partial charge in [0.1, 0.15) is 78.3 Å². The van der Waals surface area contributed by atoms with Crippen molar-refractivity contribution in [2.24, 2.45) is 11.7 Å². The minimum absolute atomic E-state index is 0.0841. The van der Waals surface area contributed by atoms with Crippen molar-refractivity contribution in [3.8, 4) is 5.75 Å². The Kier molecular flexibility index (Phi) is 40.2. The molecule has 2 aliphatic rings. The van der Waals surface area contributed by atoms with Crippen LogP contribution in [-0.2, 0) is 118 Å². The van der Waals surface area contributed by atoms with Crippen molar-refractivity contribution in [3.63, 3.8) is 0 Å².